The molecule has 11 heteroatoms. The van der Waals surface area contributed by atoms with Crippen molar-refractivity contribution in [3.8, 4) is 11.5 Å². The molecule has 0 spiro atoms. The van der Waals surface area contributed by atoms with Crippen molar-refractivity contribution in [2.45, 2.75) is 46.3 Å². The number of nitrogens with zero attached hydrogens (tertiary/aromatic N) is 2. The smallest absolute Gasteiger partial charge is 0.244 e. The van der Waals surface area contributed by atoms with E-state index in [1.165, 1.54) is 17.9 Å². The molecule has 190 valence electrons. The monoisotopic (exact) mass is 567 g/mol. The Kier molecular flexibility index (Phi) is 8.65. The Labute approximate surface area is 214 Å². The fourth-order valence-electron chi connectivity index (χ4n) is 3.58. The number of carbonyl (C=O) groups excluding carboxylic acids is 2. The van der Waals surface area contributed by atoms with Gasteiger partial charge in [0, 0.05) is 23.1 Å². The van der Waals surface area contributed by atoms with Crippen molar-refractivity contribution in [1.29, 1.82) is 0 Å². The quantitative estimate of drug-likeness (QED) is 0.472. The first-order chi connectivity index (χ1) is 16.5. The topological polar surface area (TPSA) is 105 Å². The van der Waals surface area contributed by atoms with E-state index < -0.39 is 28.5 Å². The summed E-state index contributed by atoms with van der Waals surface area (Å²) in [6.07, 6.45) is 0. The van der Waals surface area contributed by atoms with Crippen LogP contribution >= 0.6 is 15.9 Å². The Hall–Kier alpha value is -2.79. The molecule has 0 unspecified atom stereocenters. The minimum absolute atomic E-state index is 0.0428. The van der Waals surface area contributed by atoms with Crippen LogP contribution in [0.2, 0.25) is 0 Å². The Morgan fingerprint density at radius 3 is 2.46 bits per heavy atom. The maximum atomic E-state index is 13.6. The van der Waals surface area contributed by atoms with Crippen LogP contribution in [0, 0.1) is 0 Å². The second kappa shape index (κ2) is 11.3. The zero-order chi connectivity index (χ0) is 25.8. The van der Waals surface area contributed by atoms with Crippen LogP contribution in [0.15, 0.2) is 46.9 Å². The number of ether oxygens (including phenoxy) is 2. The Morgan fingerprint density at radius 1 is 1.09 bits per heavy atom. The number of hydrogen-bond acceptors (Lipinski definition) is 6. The molecule has 2 amide bonds. The SMILES string of the molecule is CCS(=O)(=O)N(CC(=O)N(Cc1cccc(Br)c1)[C@H](C)C(=O)NC(C)C)c1ccc2c(c1)OCO2. The van der Waals surface area contributed by atoms with Gasteiger partial charge < -0.3 is 19.7 Å². The van der Waals surface area contributed by atoms with Gasteiger partial charge in [0.15, 0.2) is 11.5 Å². The molecule has 1 atom stereocenters. The lowest BCUT2D eigenvalue weighted by molar-refractivity contribution is -0.139. The summed E-state index contributed by atoms with van der Waals surface area (Å²) in [5.74, 6) is -0.127. The lowest BCUT2D eigenvalue weighted by Crippen LogP contribution is -2.52. The van der Waals surface area contributed by atoms with Crippen LogP contribution in [0.3, 0.4) is 0 Å². The largest absolute Gasteiger partial charge is 0.454 e. The molecular weight excluding hydrogens is 538 g/mol. The van der Waals surface area contributed by atoms with Gasteiger partial charge in [0.2, 0.25) is 28.6 Å². The van der Waals surface area contributed by atoms with E-state index in [1.807, 2.05) is 38.1 Å². The number of halogens is 1. The molecule has 0 saturated carbocycles. The van der Waals surface area contributed by atoms with Crippen molar-refractivity contribution in [2.24, 2.45) is 0 Å². The molecule has 0 radical (unpaired) electrons. The second-order valence-electron chi connectivity index (χ2n) is 8.44. The molecule has 0 bridgehead atoms. The number of hydrogen-bond donors (Lipinski definition) is 1. The van der Waals surface area contributed by atoms with Crippen LogP contribution in [0.1, 0.15) is 33.3 Å². The molecular formula is C24H30BrN3O6S. The number of sulfonamides is 1. The van der Waals surface area contributed by atoms with Crippen molar-refractivity contribution in [3.05, 3.63) is 52.5 Å². The van der Waals surface area contributed by atoms with Crippen molar-refractivity contribution in [1.82, 2.24) is 10.2 Å². The van der Waals surface area contributed by atoms with Crippen molar-refractivity contribution >= 4 is 43.5 Å². The normalized spacial score (nSPS) is 13.4. The lowest BCUT2D eigenvalue weighted by Gasteiger charge is -2.32. The van der Waals surface area contributed by atoms with E-state index in [0.717, 1.165) is 14.3 Å². The molecule has 1 aliphatic rings. The Balaban J connectivity index is 1.94. The van der Waals surface area contributed by atoms with E-state index >= 15 is 0 Å². The third kappa shape index (κ3) is 6.66. The maximum Gasteiger partial charge on any atom is 0.244 e. The van der Waals surface area contributed by atoms with Crippen LogP contribution in [-0.4, -0.2) is 56.3 Å². The number of rotatable bonds is 10. The van der Waals surface area contributed by atoms with Gasteiger partial charge in [0.05, 0.1) is 11.4 Å². The predicted molar refractivity (Wildman–Crippen MR) is 137 cm³/mol. The van der Waals surface area contributed by atoms with Crippen molar-refractivity contribution in [3.63, 3.8) is 0 Å². The number of nitrogens with one attached hydrogen (secondary N) is 1. The lowest BCUT2D eigenvalue weighted by atomic mass is 10.1. The molecule has 2 aromatic rings. The summed E-state index contributed by atoms with van der Waals surface area (Å²) in [6, 6.07) is 11.2. The summed E-state index contributed by atoms with van der Waals surface area (Å²) in [6.45, 7) is 6.52. The molecule has 9 nitrogen and oxygen atoms in total. The first-order valence-electron chi connectivity index (χ1n) is 11.3. The second-order valence-corrected chi connectivity index (χ2v) is 11.5. The highest BCUT2D eigenvalue weighted by Gasteiger charge is 2.32. The van der Waals surface area contributed by atoms with E-state index in [-0.39, 0.29) is 36.7 Å². The van der Waals surface area contributed by atoms with E-state index in [4.69, 9.17) is 9.47 Å². The zero-order valence-corrected chi connectivity index (χ0v) is 22.6. The summed E-state index contributed by atoms with van der Waals surface area (Å²) in [5.41, 5.74) is 1.08. The van der Waals surface area contributed by atoms with Gasteiger partial charge in [-0.2, -0.15) is 0 Å². The molecule has 0 aliphatic carbocycles. The fraction of sp³-hybridized carbons (Fsp3) is 0.417. The van der Waals surface area contributed by atoms with Crippen LogP contribution < -0.4 is 19.1 Å². The number of benzene rings is 2. The molecule has 1 aliphatic heterocycles. The minimum Gasteiger partial charge on any atom is -0.454 e. The average Bonchev–Trinajstić information content (AvgIpc) is 3.27. The summed E-state index contributed by atoms with van der Waals surface area (Å²) in [4.78, 5) is 27.8. The molecule has 2 aromatic carbocycles. The van der Waals surface area contributed by atoms with Crippen molar-refractivity contribution < 1.29 is 27.5 Å². The van der Waals surface area contributed by atoms with E-state index in [1.54, 1.807) is 19.1 Å². The molecule has 0 fully saturated rings. The Morgan fingerprint density at radius 2 is 1.80 bits per heavy atom. The minimum atomic E-state index is -3.82. The summed E-state index contributed by atoms with van der Waals surface area (Å²) >= 11 is 3.43. The summed E-state index contributed by atoms with van der Waals surface area (Å²) in [5, 5.41) is 2.83. The summed E-state index contributed by atoms with van der Waals surface area (Å²) in [7, 11) is -3.82. The predicted octanol–water partition coefficient (Wildman–Crippen LogP) is 3.28. The van der Waals surface area contributed by atoms with E-state index in [0.29, 0.717) is 11.5 Å². The number of amides is 2. The zero-order valence-electron chi connectivity index (χ0n) is 20.2. The number of carbonyl (C=O) groups is 2. The van der Waals surface area contributed by atoms with Gasteiger partial charge in [-0.05, 0) is 57.5 Å². The van der Waals surface area contributed by atoms with Crippen LogP contribution in [0.5, 0.6) is 11.5 Å². The van der Waals surface area contributed by atoms with Gasteiger partial charge in [-0.15, -0.1) is 0 Å². The molecule has 1 heterocycles. The van der Waals surface area contributed by atoms with Crippen LogP contribution in [-0.2, 0) is 26.2 Å². The number of fused-ring (bicyclic) bond motifs is 1. The third-order valence-electron chi connectivity index (χ3n) is 5.46. The molecule has 35 heavy (non-hydrogen) atoms. The molecule has 0 aromatic heterocycles. The first kappa shape index (κ1) is 26.8. The van der Waals surface area contributed by atoms with E-state index in [2.05, 4.69) is 21.2 Å². The van der Waals surface area contributed by atoms with Gasteiger partial charge in [-0.25, -0.2) is 8.42 Å². The molecule has 1 N–H and O–H groups in total. The maximum absolute atomic E-state index is 13.6. The highest BCUT2D eigenvalue weighted by molar-refractivity contribution is 9.10. The van der Waals surface area contributed by atoms with Gasteiger partial charge in [-0.3, -0.25) is 13.9 Å². The third-order valence-corrected chi connectivity index (χ3v) is 7.70. The van der Waals surface area contributed by atoms with Crippen LogP contribution in [0.4, 0.5) is 5.69 Å². The molecule has 3 rings (SSSR count). The van der Waals surface area contributed by atoms with Gasteiger partial charge in [0.1, 0.15) is 12.6 Å². The van der Waals surface area contributed by atoms with E-state index in [9.17, 15) is 18.0 Å². The van der Waals surface area contributed by atoms with Crippen molar-refractivity contribution in [2.75, 3.05) is 23.4 Å². The Bertz CT molecular complexity index is 1190. The highest BCUT2D eigenvalue weighted by Crippen LogP contribution is 2.36. The first-order valence-corrected chi connectivity index (χ1v) is 13.7. The summed E-state index contributed by atoms with van der Waals surface area (Å²) < 4.78 is 38.6. The van der Waals surface area contributed by atoms with Gasteiger partial charge in [0.25, 0.3) is 0 Å². The average molecular weight is 568 g/mol. The highest BCUT2D eigenvalue weighted by atomic mass is 79.9. The number of anilines is 1. The standard InChI is InChI=1S/C24H30BrN3O6S/c1-5-35(31,32)28(20-9-10-21-22(12-20)34-15-33-21)14-23(29)27(17(4)24(30)26-16(2)3)13-18-7-6-8-19(25)11-18/h6-12,16-17H,5,13-15H2,1-4H3,(H,26,30)/t17-/m1/s1. The van der Waals surface area contributed by atoms with Crippen LogP contribution in [0.25, 0.3) is 0 Å². The van der Waals surface area contributed by atoms with Gasteiger partial charge >= 0.3 is 0 Å². The fourth-order valence-corrected chi connectivity index (χ4v) is 5.08. The molecule has 0 saturated heterocycles. The van der Waals surface area contributed by atoms with Gasteiger partial charge in [-0.1, -0.05) is 28.1 Å².